The van der Waals surface area contributed by atoms with Crippen molar-refractivity contribution in [2.75, 3.05) is 5.32 Å². The van der Waals surface area contributed by atoms with E-state index in [2.05, 4.69) is 46.7 Å². The van der Waals surface area contributed by atoms with Crippen molar-refractivity contribution in [2.45, 2.75) is 13.3 Å². The number of fused-ring (bicyclic) bond motifs is 1. The summed E-state index contributed by atoms with van der Waals surface area (Å²) in [6, 6.07) is 22.6. The second-order valence-corrected chi connectivity index (χ2v) is 8.86. The van der Waals surface area contributed by atoms with E-state index in [0.717, 1.165) is 44.6 Å². The molecule has 0 unspecified atom stereocenters. The fraction of sp³-hybridized carbons (Fsp3) is 0.0870. The number of aliphatic carboxylic acids is 1. The molecule has 0 bridgehead atoms. The Bertz CT molecular complexity index is 1140. The van der Waals surface area contributed by atoms with E-state index in [1.807, 2.05) is 36.4 Å². The first-order chi connectivity index (χ1) is 14.4. The molecule has 1 heterocycles. The Morgan fingerprint density at radius 1 is 1.10 bits per heavy atom. The Hall–Kier alpha value is -2.38. The fourth-order valence-electron chi connectivity index (χ4n) is 2.67. The number of aliphatic imine (C=N–C) groups is 1. The number of nitrogens with one attached hydrogen (secondary N) is 1. The van der Waals surface area contributed by atoms with Gasteiger partial charge < -0.3 is 5.11 Å². The van der Waals surface area contributed by atoms with Crippen LogP contribution in [0.25, 0.3) is 16.8 Å². The van der Waals surface area contributed by atoms with Crippen LogP contribution in [0, 0.1) is 0 Å². The number of hydrogen-bond donors (Lipinski definition) is 2. The summed E-state index contributed by atoms with van der Waals surface area (Å²) in [5, 5.41) is 13.9. The molecule has 0 fully saturated rings. The molecule has 4 rings (SSSR count). The van der Waals surface area contributed by atoms with Crippen molar-refractivity contribution in [3.05, 3.63) is 77.2 Å². The Labute approximate surface area is 196 Å². The monoisotopic (exact) mass is 426 g/mol. The van der Waals surface area contributed by atoms with Crippen LogP contribution in [0.2, 0.25) is 0 Å². The average Bonchev–Trinajstić information content (AvgIpc) is 3.08. The van der Waals surface area contributed by atoms with Gasteiger partial charge in [-0.15, -0.1) is 0 Å². The molecule has 1 aliphatic rings. The van der Waals surface area contributed by atoms with E-state index in [1.165, 1.54) is 20.0 Å². The molecular weight excluding hydrogens is 407 g/mol. The first-order valence-corrected chi connectivity index (χ1v) is 11.3. The predicted octanol–water partition coefficient (Wildman–Crippen LogP) is 4.20. The van der Waals surface area contributed by atoms with Gasteiger partial charge in [-0.2, -0.15) is 0 Å². The van der Waals surface area contributed by atoms with Gasteiger partial charge in [-0.05, 0) is 5.39 Å². The number of amidine groups is 1. The third kappa shape index (κ3) is 6.31. The number of hydrogen-bond acceptors (Lipinski definition) is 4. The van der Waals surface area contributed by atoms with E-state index in [0.29, 0.717) is 10.1 Å². The summed E-state index contributed by atoms with van der Waals surface area (Å²) in [6.45, 7) is 1.60. The summed E-state index contributed by atoms with van der Waals surface area (Å²) in [7, 11) is 0. The van der Waals surface area contributed by atoms with E-state index >= 15 is 0 Å². The van der Waals surface area contributed by atoms with Crippen LogP contribution in [0.4, 0.5) is 5.69 Å². The third-order valence-corrected chi connectivity index (χ3v) is 5.86. The summed E-state index contributed by atoms with van der Waals surface area (Å²) in [5.74, 6) is -0.940. The first-order valence-electron chi connectivity index (χ1n) is 9.51. The van der Waals surface area contributed by atoms with Crippen LogP contribution in [0.1, 0.15) is 18.9 Å². The zero-order valence-corrected chi connectivity index (χ0v) is 19.6. The van der Waals surface area contributed by atoms with Crippen molar-refractivity contribution < 1.29 is 14.7 Å². The number of rotatable bonds is 3. The van der Waals surface area contributed by atoms with Crippen molar-refractivity contribution in [1.29, 1.82) is 0 Å². The summed E-state index contributed by atoms with van der Waals surface area (Å²) in [6.07, 6.45) is 2.12. The summed E-state index contributed by atoms with van der Waals surface area (Å²) < 4.78 is 1.33. The van der Waals surface area contributed by atoms with Gasteiger partial charge in [0.25, 0.3) is 0 Å². The molecular formula is C23H19N2NaO3S. The number of carboxylic acids is 1. The Balaban J connectivity index is 0.000000461. The molecule has 1 amide bonds. The molecule has 0 aromatic heterocycles. The topological polar surface area (TPSA) is 78.8 Å². The molecule has 3 aromatic rings. The van der Waals surface area contributed by atoms with Crippen molar-refractivity contribution in [3.8, 4) is 0 Å². The van der Waals surface area contributed by atoms with E-state index in [-0.39, 0.29) is 12.3 Å². The SMILES string of the molecule is CCC(=O)O.O=C1N=C(Nc2cc[c]([Na])cc2)SC1=Cc1ccc2ccccc2c1. The molecule has 0 atom stereocenters. The number of carboxylic acid groups (broad SMARTS) is 1. The van der Waals surface area contributed by atoms with Crippen LogP contribution in [-0.4, -0.2) is 50.1 Å². The van der Waals surface area contributed by atoms with E-state index in [1.54, 1.807) is 6.92 Å². The van der Waals surface area contributed by atoms with Crippen LogP contribution in [0.3, 0.4) is 0 Å². The van der Waals surface area contributed by atoms with Gasteiger partial charge in [0.15, 0.2) is 0 Å². The second kappa shape index (κ2) is 10.6. The quantitative estimate of drug-likeness (QED) is 0.485. The van der Waals surface area contributed by atoms with E-state index in [9.17, 15) is 9.59 Å². The number of nitrogens with zero attached hydrogens (tertiary/aromatic N) is 1. The zero-order valence-electron chi connectivity index (χ0n) is 16.8. The van der Waals surface area contributed by atoms with Gasteiger partial charge in [0.05, 0.1) is 0 Å². The normalized spacial score (nSPS) is 14.3. The number of amides is 1. The van der Waals surface area contributed by atoms with Crippen molar-refractivity contribution in [2.24, 2.45) is 4.99 Å². The second-order valence-electron chi connectivity index (χ2n) is 6.68. The summed E-state index contributed by atoms with van der Waals surface area (Å²) in [5.41, 5.74) is 1.96. The van der Waals surface area contributed by atoms with Crippen LogP contribution in [-0.2, 0) is 9.59 Å². The van der Waals surface area contributed by atoms with E-state index < -0.39 is 5.97 Å². The van der Waals surface area contributed by atoms with Crippen molar-refractivity contribution >= 4 is 82.1 Å². The maximum atomic E-state index is 12.2. The molecule has 7 heteroatoms. The van der Waals surface area contributed by atoms with Gasteiger partial charge in [-0.1, -0.05) is 31.2 Å². The average molecular weight is 426 g/mol. The van der Waals surface area contributed by atoms with Gasteiger partial charge in [0, 0.05) is 6.42 Å². The third-order valence-electron chi connectivity index (χ3n) is 4.30. The molecule has 3 aromatic carbocycles. The molecule has 30 heavy (non-hydrogen) atoms. The molecule has 0 aliphatic carbocycles. The summed E-state index contributed by atoms with van der Waals surface area (Å²) in [4.78, 5) is 26.3. The van der Waals surface area contributed by atoms with Gasteiger partial charge >= 0.3 is 145 Å². The molecule has 2 N–H and O–H groups in total. The Morgan fingerprint density at radius 3 is 2.43 bits per heavy atom. The number of thioether (sulfide) groups is 1. The van der Waals surface area contributed by atoms with Crippen LogP contribution in [0.15, 0.2) is 76.6 Å². The maximum absolute atomic E-state index is 12.2. The Morgan fingerprint density at radius 2 is 1.77 bits per heavy atom. The minimum atomic E-state index is -0.745. The minimum absolute atomic E-state index is 0.194. The van der Waals surface area contributed by atoms with E-state index in [4.69, 9.17) is 5.11 Å². The van der Waals surface area contributed by atoms with Gasteiger partial charge in [0.2, 0.25) is 0 Å². The zero-order chi connectivity index (χ0) is 21.5. The van der Waals surface area contributed by atoms with Gasteiger partial charge in [0.1, 0.15) is 0 Å². The Kier molecular flexibility index (Phi) is 7.87. The number of benzene rings is 3. The number of carbonyl (C=O) groups excluding carboxylic acids is 1. The van der Waals surface area contributed by atoms with Crippen LogP contribution >= 0.6 is 11.8 Å². The molecule has 0 radical (unpaired) electrons. The molecule has 5 nitrogen and oxygen atoms in total. The standard InChI is InChI=1S/C20H13N2OS.C3H6O2.Na/c23-19-18(24-20(22-19)21-17-8-2-1-3-9-17)13-14-10-11-15-6-4-5-7-16(15)12-14;1-2-3(4)5;/h2-13H,(H,21,22,23);2H2,1H3,(H,4,5);. The molecule has 0 saturated heterocycles. The van der Waals surface area contributed by atoms with Crippen LogP contribution < -0.4 is 8.13 Å². The molecule has 0 saturated carbocycles. The molecule has 146 valence electrons. The van der Waals surface area contributed by atoms with Crippen molar-refractivity contribution in [3.63, 3.8) is 0 Å². The van der Waals surface area contributed by atoms with Gasteiger partial charge in [-0.25, -0.2) is 0 Å². The number of carbonyl (C=O) groups is 2. The van der Waals surface area contributed by atoms with Crippen LogP contribution in [0.5, 0.6) is 0 Å². The number of anilines is 1. The fourth-order valence-corrected chi connectivity index (χ4v) is 3.84. The van der Waals surface area contributed by atoms with Crippen molar-refractivity contribution in [1.82, 2.24) is 0 Å². The molecule has 1 aliphatic heterocycles. The summed E-state index contributed by atoms with van der Waals surface area (Å²) >= 11 is 2.41. The predicted molar refractivity (Wildman–Crippen MR) is 125 cm³/mol. The van der Waals surface area contributed by atoms with Gasteiger partial charge in [-0.3, -0.25) is 4.79 Å². The first kappa shape index (κ1) is 22.3. The molecule has 0 spiro atoms.